The number of hydrogen-bond donors (Lipinski definition) is 1. The Bertz CT molecular complexity index is 730. The van der Waals surface area contributed by atoms with Gasteiger partial charge in [0.1, 0.15) is 18.1 Å². The number of rotatable bonds is 7. The lowest BCUT2D eigenvalue weighted by molar-refractivity contribution is 0.0884. The van der Waals surface area contributed by atoms with Crippen LogP contribution in [0, 0.1) is 0 Å². The van der Waals surface area contributed by atoms with Gasteiger partial charge in [-0.1, -0.05) is 26.0 Å². The van der Waals surface area contributed by atoms with Crippen LogP contribution in [-0.4, -0.2) is 37.0 Å². The fraction of sp³-hybridized carbons (Fsp3) is 0.500. The van der Waals surface area contributed by atoms with Gasteiger partial charge in [-0.15, -0.1) is 0 Å². The van der Waals surface area contributed by atoms with Crippen LogP contribution >= 0.6 is 0 Å². The van der Waals surface area contributed by atoms with Crippen molar-refractivity contribution in [1.82, 2.24) is 10.2 Å². The highest BCUT2D eigenvalue weighted by Gasteiger charge is 2.20. The van der Waals surface area contributed by atoms with E-state index in [1.165, 1.54) is 5.56 Å². The average Bonchev–Trinajstić information content (AvgIpc) is 3.17. The number of nitrogens with one attached hydrogen (secondary N) is 1. The Balaban J connectivity index is 1.49. The molecule has 2 aromatic rings. The number of piperidine rings is 1. The Morgan fingerprint density at radius 3 is 2.59 bits per heavy atom. The van der Waals surface area contributed by atoms with Gasteiger partial charge in [-0.05, 0) is 75.1 Å². The molecule has 2 heterocycles. The summed E-state index contributed by atoms with van der Waals surface area (Å²) >= 11 is 0. The minimum Gasteiger partial charge on any atom is -0.486 e. The Hall–Kier alpha value is -2.27. The molecule has 1 aliphatic heterocycles. The van der Waals surface area contributed by atoms with Gasteiger partial charge in [0.05, 0.1) is 0 Å². The van der Waals surface area contributed by atoms with Crippen LogP contribution in [0.5, 0.6) is 5.75 Å². The van der Waals surface area contributed by atoms with Crippen molar-refractivity contribution in [2.24, 2.45) is 0 Å². The van der Waals surface area contributed by atoms with E-state index in [9.17, 15) is 4.79 Å². The van der Waals surface area contributed by atoms with Crippen molar-refractivity contribution >= 4 is 5.91 Å². The van der Waals surface area contributed by atoms with Crippen molar-refractivity contribution < 1.29 is 13.9 Å². The van der Waals surface area contributed by atoms with E-state index < -0.39 is 0 Å². The van der Waals surface area contributed by atoms with Crippen LogP contribution in [0.2, 0.25) is 0 Å². The van der Waals surface area contributed by atoms with Crippen molar-refractivity contribution in [3.63, 3.8) is 0 Å². The number of benzene rings is 1. The highest BCUT2D eigenvalue weighted by molar-refractivity contribution is 5.91. The summed E-state index contributed by atoms with van der Waals surface area (Å²) in [6, 6.07) is 11.9. The summed E-state index contributed by atoms with van der Waals surface area (Å²) in [4.78, 5) is 14.6. The summed E-state index contributed by atoms with van der Waals surface area (Å²) in [6.45, 7) is 6.74. The quantitative estimate of drug-likeness (QED) is 0.794. The van der Waals surface area contributed by atoms with Crippen molar-refractivity contribution in [2.75, 3.05) is 20.1 Å². The van der Waals surface area contributed by atoms with Crippen LogP contribution in [-0.2, 0) is 6.61 Å². The van der Waals surface area contributed by atoms with Gasteiger partial charge in [0, 0.05) is 6.04 Å². The summed E-state index contributed by atoms with van der Waals surface area (Å²) < 4.78 is 11.4. The molecule has 1 unspecified atom stereocenters. The van der Waals surface area contributed by atoms with Crippen LogP contribution in [0.1, 0.15) is 60.9 Å². The predicted molar refractivity (Wildman–Crippen MR) is 106 cm³/mol. The number of carbonyl (C=O) groups is 1. The molecule has 0 spiro atoms. The Kier molecular flexibility index (Phi) is 6.56. The van der Waals surface area contributed by atoms with E-state index in [2.05, 4.69) is 43.2 Å². The van der Waals surface area contributed by atoms with Crippen LogP contribution in [0.4, 0.5) is 0 Å². The number of furan rings is 1. The second kappa shape index (κ2) is 9.09. The second-order valence-electron chi connectivity index (χ2n) is 7.48. The van der Waals surface area contributed by atoms with E-state index in [0.717, 1.165) is 38.1 Å². The van der Waals surface area contributed by atoms with E-state index in [-0.39, 0.29) is 11.9 Å². The van der Waals surface area contributed by atoms with Gasteiger partial charge in [-0.25, -0.2) is 0 Å². The van der Waals surface area contributed by atoms with Gasteiger partial charge in [0.15, 0.2) is 5.76 Å². The Labute approximate surface area is 161 Å². The largest absolute Gasteiger partial charge is 0.486 e. The lowest BCUT2D eigenvalue weighted by atomic mass is 9.99. The van der Waals surface area contributed by atoms with Crippen molar-refractivity contribution in [2.45, 2.75) is 51.7 Å². The second-order valence-corrected chi connectivity index (χ2v) is 7.48. The maximum absolute atomic E-state index is 12.4. The fourth-order valence-corrected chi connectivity index (χ4v) is 3.27. The zero-order valence-corrected chi connectivity index (χ0v) is 16.5. The van der Waals surface area contributed by atoms with Crippen molar-refractivity contribution in [3.8, 4) is 5.75 Å². The number of nitrogens with zero attached hydrogens (tertiary/aromatic N) is 1. The minimum atomic E-state index is -0.145. The summed E-state index contributed by atoms with van der Waals surface area (Å²) in [5, 5.41) is 3.06. The van der Waals surface area contributed by atoms with Crippen LogP contribution < -0.4 is 10.1 Å². The van der Waals surface area contributed by atoms with Crippen molar-refractivity contribution in [3.05, 3.63) is 53.5 Å². The molecule has 1 amide bonds. The van der Waals surface area contributed by atoms with Crippen LogP contribution in [0.3, 0.4) is 0 Å². The number of likely N-dealkylation sites (tertiary alicyclic amines) is 1. The molecule has 27 heavy (non-hydrogen) atoms. The van der Waals surface area contributed by atoms with E-state index in [4.69, 9.17) is 9.15 Å². The zero-order chi connectivity index (χ0) is 19.2. The lowest BCUT2D eigenvalue weighted by Crippen LogP contribution is -2.43. The average molecular weight is 370 g/mol. The van der Waals surface area contributed by atoms with E-state index in [1.807, 2.05) is 12.1 Å². The van der Waals surface area contributed by atoms with E-state index in [1.54, 1.807) is 12.1 Å². The Morgan fingerprint density at radius 2 is 1.93 bits per heavy atom. The topological polar surface area (TPSA) is 54.7 Å². The first-order chi connectivity index (χ1) is 13.0. The first kappa shape index (κ1) is 19.5. The first-order valence-electron chi connectivity index (χ1n) is 9.86. The molecule has 0 radical (unpaired) electrons. The molecule has 1 aromatic heterocycles. The molecule has 0 aliphatic carbocycles. The van der Waals surface area contributed by atoms with E-state index in [0.29, 0.717) is 24.0 Å². The van der Waals surface area contributed by atoms with Gasteiger partial charge >= 0.3 is 0 Å². The molecular weight excluding hydrogens is 340 g/mol. The number of hydrogen-bond acceptors (Lipinski definition) is 4. The van der Waals surface area contributed by atoms with Gasteiger partial charge in [-0.3, -0.25) is 4.79 Å². The van der Waals surface area contributed by atoms with Gasteiger partial charge in [0.25, 0.3) is 5.91 Å². The highest BCUT2D eigenvalue weighted by Crippen LogP contribution is 2.22. The number of ether oxygens (including phenoxy) is 1. The monoisotopic (exact) mass is 370 g/mol. The van der Waals surface area contributed by atoms with Crippen LogP contribution in [0.25, 0.3) is 0 Å². The third-order valence-electron chi connectivity index (χ3n) is 5.38. The molecule has 1 aliphatic rings. The maximum atomic E-state index is 12.4. The molecule has 1 aromatic carbocycles. The molecule has 1 atom stereocenters. The first-order valence-corrected chi connectivity index (χ1v) is 9.86. The number of carbonyl (C=O) groups excluding carboxylic acids is 1. The number of amides is 1. The molecule has 146 valence electrons. The van der Waals surface area contributed by atoms with Crippen molar-refractivity contribution in [1.29, 1.82) is 0 Å². The minimum absolute atomic E-state index is 0.145. The van der Waals surface area contributed by atoms with Gasteiger partial charge < -0.3 is 19.4 Å². The third-order valence-corrected chi connectivity index (χ3v) is 5.38. The molecule has 0 bridgehead atoms. The summed E-state index contributed by atoms with van der Waals surface area (Å²) in [5.41, 5.74) is 1.32. The third kappa shape index (κ3) is 5.36. The molecule has 5 nitrogen and oxygen atoms in total. The lowest BCUT2D eigenvalue weighted by Gasteiger charge is -2.29. The molecule has 5 heteroatoms. The summed E-state index contributed by atoms with van der Waals surface area (Å²) in [5.74, 6) is 2.20. The standard InChI is InChI=1S/C22H30N2O3/c1-4-16(2)17-5-7-19(8-6-17)26-15-20-9-10-21(27-20)22(25)23-18-11-13-24(3)14-12-18/h5-10,16,18H,4,11-15H2,1-3H3,(H,23,25). The van der Waals surface area contributed by atoms with Crippen LogP contribution in [0.15, 0.2) is 40.8 Å². The van der Waals surface area contributed by atoms with Gasteiger partial charge in [0.2, 0.25) is 0 Å². The fourth-order valence-electron chi connectivity index (χ4n) is 3.27. The molecular formula is C22H30N2O3. The van der Waals surface area contributed by atoms with Gasteiger partial charge in [-0.2, -0.15) is 0 Å². The summed E-state index contributed by atoms with van der Waals surface area (Å²) in [7, 11) is 2.11. The molecule has 1 fully saturated rings. The maximum Gasteiger partial charge on any atom is 0.287 e. The smallest absolute Gasteiger partial charge is 0.287 e. The summed E-state index contributed by atoms with van der Waals surface area (Å²) in [6.07, 6.45) is 3.08. The molecule has 1 saturated heterocycles. The zero-order valence-electron chi connectivity index (χ0n) is 16.5. The van der Waals surface area contributed by atoms with E-state index >= 15 is 0 Å². The Morgan fingerprint density at radius 1 is 1.22 bits per heavy atom. The molecule has 1 N–H and O–H groups in total. The SMILES string of the molecule is CCC(C)c1ccc(OCc2ccc(C(=O)NC3CCN(C)CC3)o2)cc1. The molecule has 3 rings (SSSR count). The predicted octanol–water partition coefficient (Wildman–Crippen LogP) is 4.20. The highest BCUT2D eigenvalue weighted by atomic mass is 16.5. The molecule has 0 saturated carbocycles. The normalized spacial score (nSPS) is 16.9.